The van der Waals surface area contributed by atoms with Crippen LogP contribution in [0.25, 0.3) is 10.8 Å². The molecule has 0 bridgehead atoms. The Morgan fingerprint density at radius 2 is 1.60 bits per heavy atom. The predicted molar refractivity (Wildman–Crippen MR) is 141 cm³/mol. The molecular weight excluding hydrogens is 460 g/mol. The quantitative estimate of drug-likeness (QED) is 0.346. The van der Waals surface area contributed by atoms with Gasteiger partial charge in [-0.05, 0) is 79.7 Å². The maximum Gasteiger partial charge on any atom is 0.265 e. The summed E-state index contributed by atoms with van der Waals surface area (Å²) in [6.45, 7) is 5.94. The SMILES string of the molecule is CCOc1ccc(NC(=O)CN(c2ccc(C)c(C)c2)S(=O)(=O)c2cccc3ccccc23)cc1. The van der Waals surface area contributed by atoms with Crippen LogP contribution >= 0.6 is 0 Å². The normalized spacial score (nSPS) is 11.3. The van der Waals surface area contributed by atoms with Gasteiger partial charge in [0.25, 0.3) is 10.0 Å². The number of nitrogens with one attached hydrogen (secondary N) is 1. The van der Waals surface area contributed by atoms with Gasteiger partial charge in [0, 0.05) is 11.1 Å². The van der Waals surface area contributed by atoms with Gasteiger partial charge in [0.15, 0.2) is 0 Å². The van der Waals surface area contributed by atoms with Gasteiger partial charge in [0.2, 0.25) is 5.91 Å². The van der Waals surface area contributed by atoms with Crippen molar-refractivity contribution in [3.05, 3.63) is 96.1 Å². The van der Waals surface area contributed by atoms with Crippen LogP contribution < -0.4 is 14.4 Å². The Labute approximate surface area is 206 Å². The maximum atomic E-state index is 14.0. The molecular formula is C28H28N2O4S. The molecule has 1 N–H and O–H groups in total. The molecule has 0 saturated heterocycles. The smallest absolute Gasteiger partial charge is 0.265 e. The van der Waals surface area contributed by atoms with E-state index in [1.807, 2.05) is 45.0 Å². The van der Waals surface area contributed by atoms with Crippen molar-refractivity contribution in [1.29, 1.82) is 0 Å². The Morgan fingerprint density at radius 1 is 0.886 bits per heavy atom. The number of hydrogen-bond acceptors (Lipinski definition) is 4. The third-order valence-corrected chi connectivity index (χ3v) is 7.66. The average molecular weight is 489 g/mol. The largest absolute Gasteiger partial charge is 0.494 e. The van der Waals surface area contributed by atoms with E-state index in [1.165, 1.54) is 4.31 Å². The molecule has 1 amide bonds. The van der Waals surface area contributed by atoms with Crippen molar-refractivity contribution in [1.82, 2.24) is 0 Å². The minimum Gasteiger partial charge on any atom is -0.494 e. The van der Waals surface area contributed by atoms with E-state index < -0.39 is 15.9 Å². The number of fused-ring (bicyclic) bond motifs is 1. The highest BCUT2D eigenvalue weighted by Gasteiger charge is 2.29. The fourth-order valence-electron chi connectivity index (χ4n) is 3.87. The van der Waals surface area contributed by atoms with E-state index in [1.54, 1.807) is 60.7 Å². The first-order valence-corrected chi connectivity index (χ1v) is 12.8. The molecule has 0 aliphatic carbocycles. The molecule has 6 nitrogen and oxygen atoms in total. The van der Waals surface area contributed by atoms with Gasteiger partial charge >= 0.3 is 0 Å². The lowest BCUT2D eigenvalue weighted by Crippen LogP contribution is -2.38. The van der Waals surface area contributed by atoms with Gasteiger partial charge in [-0.2, -0.15) is 0 Å². The van der Waals surface area contributed by atoms with E-state index >= 15 is 0 Å². The summed E-state index contributed by atoms with van der Waals surface area (Å²) in [6.07, 6.45) is 0. The fourth-order valence-corrected chi connectivity index (χ4v) is 5.50. The minimum absolute atomic E-state index is 0.155. The van der Waals surface area contributed by atoms with Crippen LogP contribution in [0.4, 0.5) is 11.4 Å². The Bertz CT molecular complexity index is 1460. The fraction of sp³-hybridized carbons (Fsp3) is 0.179. The number of carbonyl (C=O) groups excluding carboxylic acids is 1. The molecule has 0 aliphatic rings. The van der Waals surface area contributed by atoms with Crippen molar-refractivity contribution < 1.29 is 17.9 Å². The molecule has 4 aromatic rings. The van der Waals surface area contributed by atoms with Gasteiger partial charge in [-0.15, -0.1) is 0 Å². The monoisotopic (exact) mass is 488 g/mol. The number of ether oxygens (including phenoxy) is 1. The number of anilines is 2. The second-order valence-electron chi connectivity index (χ2n) is 8.26. The third kappa shape index (κ3) is 5.30. The molecule has 4 aromatic carbocycles. The summed E-state index contributed by atoms with van der Waals surface area (Å²) < 4.78 is 34.6. The molecule has 0 spiro atoms. The number of amides is 1. The summed E-state index contributed by atoms with van der Waals surface area (Å²) in [5, 5.41) is 4.22. The van der Waals surface area contributed by atoms with Crippen LogP contribution in [0.15, 0.2) is 89.8 Å². The lowest BCUT2D eigenvalue weighted by molar-refractivity contribution is -0.114. The topological polar surface area (TPSA) is 75.7 Å². The molecule has 35 heavy (non-hydrogen) atoms. The zero-order chi connectivity index (χ0) is 25.0. The summed E-state index contributed by atoms with van der Waals surface area (Å²) in [5.41, 5.74) is 2.96. The molecule has 0 atom stereocenters. The van der Waals surface area contributed by atoms with Crippen LogP contribution in [0.1, 0.15) is 18.1 Å². The summed E-state index contributed by atoms with van der Waals surface area (Å²) in [7, 11) is -4.06. The second-order valence-corrected chi connectivity index (χ2v) is 10.1. The van der Waals surface area contributed by atoms with Gasteiger partial charge in [-0.3, -0.25) is 9.10 Å². The van der Waals surface area contributed by atoms with Gasteiger partial charge in [-0.1, -0.05) is 42.5 Å². The van der Waals surface area contributed by atoms with Crippen molar-refractivity contribution in [3.63, 3.8) is 0 Å². The zero-order valence-electron chi connectivity index (χ0n) is 20.0. The highest BCUT2D eigenvalue weighted by molar-refractivity contribution is 7.93. The van der Waals surface area contributed by atoms with E-state index in [-0.39, 0.29) is 11.4 Å². The maximum absolute atomic E-state index is 14.0. The van der Waals surface area contributed by atoms with Crippen LogP contribution in [0.3, 0.4) is 0 Å². The lowest BCUT2D eigenvalue weighted by atomic mass is 10.1. The van der Waals surface area contributed by atoms with Crippen LogP contribution in [0.2, 0.25) is 0 Å². The van der Waals surface area contributed by atoms with Crippen LogP contribution in [0, 0.1) is 13.8 Å². The van der Waals surface area contributed by atoms with Gasteiger partial charge < -0.3 is 10.1 Å². The minimum atomic E-state index is -4.06. The van der Waals surface area contributed by atoms with Crippen molar-refractivity contribution in [2.45, 2.75) is 25.7 Å². The number of benzene rings is 4. The zero-order valence-corrected chi connectivity index (χ0v) is 20.8. The number of sulfonamides is 1. The van der Waals surface area contributed by atoms with Crippen LogP contribution in [0.5, 0.6) is 5.75 Å². The average Bonchev–Trinajstić information content (AvgIpc) is 2.85. The van der Waals surface area contributed by atoms with E-state index in [2.05, 4.69) is 5.32 Å². The number of nitrogens with zero attached hydrogens (tertiary/aromatic N) is 1. The molecule has 0 saturated carbocycles. The molecule has 0 radical (unpaired) electrons. The number of aryl methyl sites for hydroxylation is 2. The van der Waals surface area contributed by atoms with Crippen molar-refractivity contribution in [2.24, 2.45) is 0 Å². The van der Waals surface area contributed by atoms with Gasteiger partial charge in [-0.25, -0.2) is 8.42 Å². The highest BCUT2D eigenvalue weighted by atomic mass is 32.2. The molecule has 0 fully saturated rings. The van der Waals surface area contributed by atoms with Crippen molar-refractivity contribution in [3.8, 4) is 5.75 Å². The predicted octanol–water partition coefficient (Wildman–Crippen LogP) is 5.69. The molecule has 180 valence electrons. The van der Waals surface area contributed by atoms with Crippen molar-refractivity contribution >= 4 is 38.1 Å². The van der Waals surface area contributed by atoms with Gasteiger partial charge in [0.05, 0.1) is 17.2 Å². The Balaban J connectivity index is 1.71. The summed E-state index contributed by atoms with van der Waals surface area (Å²) >= 11 is 0. The number of hydrogen-bond donors (Lipinski definition) is 1. The molecule has 7 heteroatoms. The van der Waals surface area contributed by atoms with E-state index in [0.29, 0.717) is 29.1 Å². The molecule has 0 heterocycles. The first-order chi connectivity index (χ1) is 16.8. The van der Waals surface area contributed by atoms with Crippen molar-refractivity contribution in [2.75, 3.05) is 22.8 Å². The summed E-state index contributed by atoms with van der Waals surface area (Å²) in [5.74, 6) is 0.247. The second kappa shape index (κ2) is 10.2. The van der Waals surface area contributed by atoms with Crippen LogP contribution in [-0.4, -0.2) is 27.5 Å². The summed E-state index contributed by atoms with van der Waals surface area (Å²) in [6, 6.07) is 24.8. The Kier molecular flexibility index (Phi) is 7.07. The number of carbonyl (C=O) groups is 1. The molecule has 0 unspecified atom stereocenters. The molecule has 4 rings (SSSR count). The first kappa shape index (κ1) is 24.3. The lowest BCUT2D eigenvalue weighted by Gasteiger charge is -2.25. The standard InChI is InChI=1S/C28H28N2O4S/c1-4-34-25-16-13-23(14-17-25)29-28(31)19-30(24-15-12-20(2)21(3)18-24)35(32,33)27-11-7-9-22-8-5-6-10-26(22)27/h5-18H,4,19H2,1-3H3,(H,29,31). The summed E-state index contributed by atoms with van der Waals surface area (Å²) in [4.78, 5) is 13.2. The van der Waals surface area contributed by atoms with E-state index in [4.69, 9.17) is 4.74 Å². The molecule has 0 aromatic heterocycles. The van der Waals surface area contributed by atoms with E-state index in [0.717, 1.165) is 16.5 Å². The highest BCUT2D eigenvalue weighted by Crippen LogP contribution is 2.30. The van der Waals surface area contributed by atoms with Gasteiger partial charge in [0.1, 0.15) is 12.3 Å². The third-order valence-electron chi connectivity index (χ3n) is 5.83. The Hall–Kier alpha value is -3.84. The molecule has 0 aliphatic heterocycles. The Morgan fingerprint density at radius 3 is 2.31 bits per heavy atom. The van der Waals surface area contributed by atoms with Crippen LogP contribution in [-0.2, 0) is 14.8 Å². The number of rotatable bonds is 8. The van der Waals surface area contributed by atoms with E-state index in [9.17, 15) is 13.2 Å². The first-order valence-electron chi connectivity index (χ1n) is 11.4.